The van der Waals surface area contributed by atoms with Crippen LogP contribution in [0.3, 0.4) is 0 Å². The highest BCUT2D eigenvalue weighted by molar-refractivity contribution is 6.31. The van der Waals surface area contributed by atoms with E-state index < -0.39 is 17.4 Å². The van der Waals surface area contributed by atoms with Gasteiger partial charge in [-0.05, 0) is 50.5 Å². The van der Waals surface area contributed by atoms with Gasteiger partial charge in [0.25, 0.3) is 0 Å². The molecule has 0 fully saturated rings. The van der Waals surface area contributed by atoms with Gasteiger partial charge in [0, 0.05) is 35.5 Å². The lowest BCUT2D eigenvalue weighted by Gasteiger charge is -2.34. The molecule has 1 atom stereocenters. The van der Waals surface area contributed by atoms with Crippen LogP contribution in [-0.2, 0) is 29.0 Å². The molecule has 0 aromatic heterocycles. The van der Waals surface area contributed by atoms with Crippen molar-refractivity contribution in [3.05, 3.63) is 106 Å². The van der Waals surface area contributed by atoms with E-state index in [4.69, 9.17) is 11.6 Å². The zero-order chi connectivity index (χ0) is 25.4. The quantitative estimate of drug-likeness (QED) is 0.398. The minimum absolute atomic E-state index is 0.0108. The van der Waals surface area contributed by atoms with E-state index in [1.807, 2.05) is 69.3 Å². The van der Waals surface area contributed by atoms with E-state index in [2.05, 4.69) is 5.32 Å². The van der Waals surface area contributed by atoms with Crippen LogP contribution < -0.4 is 5.32 Å². The van der Waals surface area contributed by atoms with Gasteiger partial charge in [0.15, 0.2) is 0 Å². The van der Waals surface area contributed by atoms with E-state index in [1.165, 1.54) is 11.0 Å². The Morgan fingerprint density at radius 3 is 2.14 bits per heavy atom. The van der Waals surface area contributed by atoms with Crippen LogP contribution in [0.4, 0.5) is 4.39 Å². The molecule has 0 aliphatic rings. The van der Waals surface area contributed by atoms with E-state index in [1.54, 1.807) is 24.3 Å². The molecule has 3 rings (SSSR count). The lowest BCUT2D eigenvalue weighted by molar-refractivity contribution is -0.142. The maximum atomic E-state index is 14.6. The number of carbonyl (C=O) groups excluding carboxylic acids is 2. The number of hydrogen-bond acceptors (Lipinski definition) is 2. The first-order valence-corrected chi connectivity index (χ1v) is 12.1. The third-order valence-corrected chi connectivity index (χ3v) is 6.00. The summed E-state index contributed by atoms with van der Waals surface area (Å²) in [7, 11) is 0. The molecule has 0 bridgehead atoms. The average Bonchev–Trinajstić information content (AvgIpc) is 2.81. The standard InChI is InChI=1S/C29H32ClFN2O2/c1-29(2,3)32-28(35)26(19-21-11-5-4-6-12-21)33(20-23-14-8-10-16-25(23)31)27(34)18-17-22-13-7-9-15-24(22)30/h4-16,26H,17-20H2,1-3H3,(H,32,35). The predicted octanol–water partition coefficient (Wildman–Crippen LogP) is 5.97. The van der Waals surface area contributed by atoms with Crippen molar-refractivity contribution in [3.8, 4) is 0 Å². The molecule has 0 radical (unpaired) electrons. The molecule has 3 aromatic carbocycles. The Labute approximate surface area is 212 Å². The molecule has 0 heterocycles. The summed E-state index contributed by atoms with van der Waals surface area (Å²) in [5.41, 5.74) is 1.64. The van der Waals surface area contributed by atoms with Gasteiger partial charge >= 0.3 is 0 Å². The highest BCUT2D eigenvalue weighted by Crippen LogP contribution is 2.21. The molecule has 3 aromatic rings. The van der Waals surface area contributed by atoms with Crippen molar-refractivity contribution >= 4 is 23.4 Å². The fourth-order valence-electron chi connectivity index (χ4n) is 3.90. The second-order valence-corrected chi connectivity index (χ2v) is 10.1. The molecule has 0 saturated carbocycles. The predicted molar refractivity (Wildman–Crippen MR) is 139 cm³/mol. The Bertz CT molecular complexity index is 1140. The number of benzene rings is 3. The summed E-state index contributed by atoms with van der Waals surface area (Å²) >= 11 is 6.29. The van der Waals surface area contributed by atoms with Crippen LogP contribution in [0, 0.1) is 5.82 Å². The molecule has 0 spiro atoms. The van der Waals surface area contributed by atoms with Crippen LogP contribution in [0.2, 0.25) is 5.02 Å². The van der Waals surface area contributed by atoms with Crippen LogP contribution in [-0.4, -0.2) is 28.3 Å². The van der Waals surface area contributed by atoms with Crippen molar-refractivity contribution in [2.75, 3.05) is 0 Å². The van der Waals surface area contributed by atoms with Crippen molar-refractivity contribution in [2.45, 2.75) is 58.2 Å². The lowest BCUT2D eigenvalue weighted by atomic mass is 9.99. The molecular formula is C29H32ClFN2O2. The van der Waals surface area contributed by atoms with E-state index in [9.17, 15) is 14.0 Å². The number of nitrogens with zero attached hydrogens (tertiary/aromatic N) is 1. The Balaban J connectivity index is 1.95. The smallest absolute Gasteiger partial charge is 0.243 e. The first-order valence-electron chi connectivity index (χ1n) is 11.8. The zero-order valence-electron chi connectivity index (χ0n) is 20.4. The van der Waals surface area contributed by atoms with Crippen LogP contribution in [0.25, 0.3) is 0 Å². The molecule has 0 aliphatic carbocycles. The maximum Gasteiger partial charge on any atom is 0.243 e. The van der Waals surface area contributed by atoms with Gasteiger partial charge in [0.1, 0.15) is 11.9 Å². The SMILES string of the molecule is CC(C)(C)NC(=O)C(Cc1ccccc1)N(Cc1ccccc1F)C(=O)CCc1ccccc1Cl. The summed E-state index contributed by atoms with van der Waals surface area (Å²) in [5, 5.41) is 3.60. The largest absolute Gasteiger partial charge is 0.350 e. The van der Waals surface area contributed by atoms with Crippen LogP contribution in [0.5, 0.6) is 0 Å². The van der Waals surface area contributed by atoms with Gasteiger partial charge in [-0.3, -0.25) is 9.59 Å². The van der Waals surface area contributed by atoms with Gasteiger partial charge in [0.05, 0.1) is 0 Å². The van der Waals surface area contributed by atoms with E-state index >= 15 is 0 Å². The Morgan fingerprint density at radius 2 is 1.51 bits per heavy atom. The van der Waals surface area contributed by atoms with Crippen LogP contribution >= 0.6 is 11.6 Å². The summed E-state index contributed by atoms with van der Waals surface area (Å²) in [4.78, 5) is 28.6. The van der Waals surface area contributed by atoms with Crippen molar-refractivity contribution in [3.63, 3.8) is 0 Å². The fraction of sp³-hybridized carbons (Fsp3) is 0.310. The topological polar surface area (TPSA) is 49.4 Å². The Kier molecular flexibility index (Phi) is 9.05. The van der Waals surface area contributed by atoms with Crippen molar-refractivity contribution in [1.82, 2.24) is 10.2 Å². The lowest BCUT2D eigenvalue weighted by Crippen LogP contribution is -2.54. The normalized spacial score (nSPS) is 12.1. The number of rotatable bonds is 9. The van der Waals surface area contributed by atoms with E-state index in [0.717, 1.165) is 11.1 Å². The summed E-state index contributed by atoms with van der Waals surface area (Å²) in [6, 6.07) is 22.5. The van der Waals surface area contributed by atoms with Gasteiger partial charge in [-0.2, -0.15) is 0 Å². The summed E-state index contributed by atoms with van der Waals surface area (Å²) in [6.45, 7) is 5.67. The van der Waals surface area contributed by atoms with Crippen molar-refractivity contribution < 1.29 is 14.0 Å². The summed E-state index contributed by atoms with van der Waals surface area (Å²) < 4.78 is 14.6. The van der Waals surface area contributed by atoms with E-state index in [0.29, 0.717) is 23.4 Å². The van der Waals surface area contributed by atoms with Crippen molar-refractivity contribution in [2.24, 2.45) is 0 Å². The monoisotopic (exact) mass is 494 g/mol. The number of halogens is 2. The number of hydrogen-bond donors (Lipinski definition) is 1. The minimum atomic E-state index is -0.810. The van der Waals surface area contributed by atoms with Crippen molar-refractivity contribution in [1.29, 1.82) is 0 Å². The molecule has 6 heteroatoms. The summed E-state index contributed by atoms with van der Waals surface area (Å²) in [6.07, 6.45) is 0.881. The Hall–Kier alpha value is -3.18. The van der Waals surface area contributed by atoms with Gasteiger partial charge in [0.2, 0.25) is 11.8 Å². The maximum absolute atomic E-state index is 14.6. The molecule has 4 nitrogen and oxygen atoms in total. The number of nitrogens with one attached hydrogen (secondary N) is 1. The number of carbonyl (C=O) groups is 2. The van der Waals surface area contributed by atoms with E-state index in [-0.39, 0.29) is 24.8 Å². The third kappa shape index (κ3) is 7.93. The Morgan fingerprint density at radius 1 is 0.914 bits per heavy atom. The third-order valence-electron chi connectivity index (χ3n) is 5.63. The highest BCUT2D eigenvalue weighted by atomic mass is 35.5. The highest BCUT2D eigenvalue weighted by Gasteiger charge is 2.32. The average molecular weight is 495 g/mol. The van der Waals surface area contributed by atoms with Crippen LogP contribution in [0.15, 0.2) is 78.9 Å². The second-order valence-electron chi connectivity index (χ2n) is 9.65. The molecule has 184 valence electrons. The van der Waals surface area contributed by atoms with Crippen LogP contribution in [0.1, 0.15) is 43.9 Å². The molecular weight excluding hydrogens is 463 g/mol. The molecule has 2 amide bonds. The van der Waals surface area contributed by atoms with Gasteiger partial charge in [-0.25, -0.2) is 4.39 Å². The van der Waals surface area contributed by atoms with Gasteiger partial charge in [-0.15, -0.1) is 0 Å². The second kappa shape index (κ2) is 12.0. The first-order chi connectivity index (χ1) is 16.6. The molecule has 0 saturated heterocycles. The minimum Gasteiger partial charge on any atom is -0.350 e. The number of aryl methyl sites for hydroxylation is 1. The zero-order valence-corrected chi connectivity index (χ0v) is 21.2. The fourth-order valence-corrected chi connectivity index (χ4v) is 4.13. The summed E-state index contributed by atoms with van der Waals surface area (Å²) in [5.74, 6) is -0.923. The molecule has 1 N–H and O–H groups in total. The number of amides is 2. The molecule has 0 aliphatic heterocycles. The van der Waals surface area contributed by atoms with Gasteiger partial charge < -0.3 is 10.2 Å². The van der Waals surface area contributed by atoms with Gasteiger partial charge in [-0.1, -0.05) is 78.3 Å². The first kappa shape index (κ1) is 26.4. The molecule has 1 unspecified atom stereocenters. The molecule has 35 heavy (non-hydrogen) atoms.